The van der Waals surface area contributed by atoms with Gasteiger partial charge in [0.25, 0.3) is 5.91 Å². The van der Waals surface area contributed by atoms with Crippen LogP contribution >= 0.6 is 0 Å². The molecule has 0 radical (unpaired) electrons. The zero-order chi connectivity index (χ0) is 21.2. The molecule has 1 N–H and O–H groups in total. The van der Waals surface area contributed by atoms with E-state index in [1.807, 2.05) is 18.5 Å². The van der Waals surface area contributed by atoms with Gasteiger partial charge in [-0.25, -0.2) is 4.98 Å². The van der Waals surface area contributed by atoms with Crippen LogP contribution < -0.4 is 5.32 Å². The summed E-state index contributed by atoms with van der Waals surface area (Å²) in [5, 5.41) is 3.57. The lowest BCUT2D eigenvalue weighted by atomic mass is 9.92. The third-order valence-corrected chi connectivity index (χ3v) is 7.02. The molecule has 0 spiro atoms. The Morgan fingerprint density at radius 3 is 2.84 bits per heavy atom. The number of imidazole rings is 1. The van der Waals surface area contributed by atoms with Crippen molar-refractivity contribution in [2.45, 2.75) is 51.6 Å². The third-order valence-electron chi connectivity index (χ3n) is 7.02. The lowest BCUT2D eigenvalue weighted by Crippen LogP contribution is -2.42. The van der Waals surface area contributed by atoms with Gasteiger partial charge >= 0.3 is 0 Å². The molecule has 31 heavy (non-hydrogen) atoms. The highest BCUT2D eigenvalue weighted by atomic mass is 16.2. The third kappa shape index (κ3) is 4.24. The van der Waals surface area contributed by atoms with E-state index in [-0.39, 0.29) is 5.91 Å². The zero-order valence-corrected chi connectivity index (χ0v) is 18.4. The lowest BCUT2D eigenvalue weighted by molar-refractivity contribution is 0.0683. The first-order valence-electron chi connectivity index (χ1n) is 11.7. The van der Waals surface area contributed by atoms with Gasteiger partial charge in [-0.05, 0) is 87.0 Å². The minimum absolute atomic E-state index is 0.196. The number of carbonyl (C=O) groups excluding carboxylic acids is 1. The zero-order valence-electron chi connectivity index (χ0n) is 18.4. The minimum Gasteiger partial charge on any atom is -0.335 e. The molecule has 2 aliphatic rings. The van der Waals surface area contributed by atoms with Crippen LogP contribution in [0.25, 0.3) is 11.0 Å². The Balaban J connectivity index is 1.29. The largest absolute Gasteiger partial charge is 0.335 e. The Morgan fingerprint density at radius 1 is 1.10 bits per heavy atom. The van der Waals surface area contributed by atoms with Crippen molar-refractivity contribution in [3.63, 3.8) is 0 Å². The predicted octanol–water partition coefficient (Wildman–Crippen LogP) is 4.39. The van der Waals surface area contributed by atoms with E-state index in [1.54, 1.807) is 0 Å². The second-order valence-corrected chi connectivity index (χ2v) is 9.23. The van der Waals surface area contributed by atoms with Crippen LogP contribution in [-0.4, -0.2) is 46.0 Å². The Kier molecular flexibility index (Phi) is 5.77. The van der Waals surface area contributed by atoms with Crippen LogP contribution in [0.4, 0.5) is 0 Å². The van der Waals surface area contributed by atoms with Gasteiger partial charge in [-0.15, -0.1) is 0 Å². The second kappa shape index (κ2) is 8.83. The smallest absolute Gasteiger partial charge is 0.254 e. The molecule has 5 heteroatoms. The number of aryl methyl sites for hydroxylation is 1. The first kappa shape index (κ1) is 20.3. The molecular formula is C26H32N4O. The van der Waals surface area contributed by atoms with Gasteiger partial charge in [0.15, 0.2) is 0 Å². The summed E-state index contributed by atoms with van der Waals surface area (Å²) in [4.78, 5) is 20.0. The molecule has 1 aromatic heterocycles. The maximum Gasteiger partial charge on any atom is 0.254 e. The minimum atomic E-state index is 0.196. The van der Waals surface area contributed by atoms with Gasteiger partial charge in [-0.3, -0.25) is 4.79 Å². The average Bonchev–Trinajstić information content (AvgIpc) is 3.33. The standard InChI is InChI=1S/C26H32N4O/c1-19-7-12-25-23(15-19)28-18-29(25)17-20-8-10-21(11-9-20)26(31)30-14-4-6-24(30)22-5-2-3-13-27-16-22/h7-12,15,18,22,24,27H,2-6,13-14,16-17H2,1H3. The van der Waals surface area contributed by atoms with Crippen LogP contribution in [0, 0.1) is 12.8 Å². The van der Waals surface area contributed by atoms with Crippen molar-refractivity contribution in [1.82, 2.24) is 19.8 Å². The SMILES string of the molecule is Cc1ccc2c(c1)ncn2Cc1ccc(C(=O)N2CCCC2C2CCCCNC2)cc1. The van der Waals surface area contributed by atoms with Crippen molar-refractivity contribution in [2.75, 3.05) is 19.6 Å². The van der Waals surface area contributed by atoms with Crippen LogP contribution in [0.2, 0.25) is 0 Å². The van der Waals surface area contributed by atoms with E-state index < -0.39 is 0 Å². The van der Waals surface area contributed by atoms with Gasteiger partial charge in [-0.1, -0.05) is 24.6 Å². The number of likely N-dealkylation sites (tertiary alicyclic amines) is 1. The molecule has 0 aliphatic carbocycles. The number of nitrogens with zero attached hydrogens (tertiary/aromatic N) is 3. The summed E-state index contributed by atoms with van der Waals surface area (Å²) in [5.74, 6) is 0.785. The number of nitrogens with one attached hydrogen (secondary N) is 1. The van der Waals surface area contributed by atoms with E-state index in [4.69, 9.17) is 0 Å². The van der Waals surface area contributed by atoms with E-state index in [2.05, 4.69) is 57.0 Å². The van der Waals surface area contributed by atoms with E-state index in [0.29, 0.717) is 12.0 Å². The van der Waals surface area contributed by atoms with Crippen molar-refractivity contribution in [2.24, 2.45) is 5.92 Å². The van der Waals surface area contributed by atoms with E-state index in [1.165, 1.54) is 30.4 Å². The highest BCUT2D eigenvalue weighted by molar-refractivity contribution is 5.94. The van der Waals surface area contributed by atoms with Crippen LogP contribution in [0.15, 0.2) is 48.8 Å². The van der Waals surface area contributed by atoms with E-state index >= 15 is 0 Å². The summed E-state index contributed by atoms with van der Waals surface area (Å²) < 4.78 is 2.17. The molecule has 2 aromatic carbocycles. The summed E-state index contributed by atoms with van der Waals surface area (Å²) in [6.45, 7) is 5.90. The molecule has 2 fully saturated rings. The maximum atomic E-state index is 13.3. The molecule has 0 bridgehead atoms. The quantitative estimate of drug-likeness (QED) is 0.686. The van der Waals surface area contributed by atoms with E-state index in [9.17, 15) is 4.79 Å². The molecule has 2 saturated heterocycles. The topological polar surface area (TPSA) is 50.2 Å². The first-order chi connectivity index (χ1) is 15.2. The summed E-state index contributed by atoms with van der Waals surface area (Å²) in [6.07, 6.45) is 7.93. The summed E-state index contributed by atoms with van der Waals surface area (Å²) in [5.41, 5.74) is 5.38. The molecular weight excluding hydrogens is 384 g/mol. The number of aromatic nitrogens is 2. The fraction of sp³-hybridized carbons (Fsp3) is 0.462. The molecule has 2 aliphatic heterocycles. The van der Waals surface area contributed by atoms with Gasteiger partial charge in [0.1, 0.15) is 0 Å². The van der Waals surface area contributed by atoms with Crippen LogP contribution in [0.3, 0.4) is 0 Å². The number of fused-ring (bicyclic) bond motifs is 1. The number of amides is 1. The van der Waals surface area contributed by atoms with Gasteiger partial charge in [0, 0.05) is 24.7 Å². The fourth-order valence-electron chi connectivity index (χ4n) is 5.32. The molecule has 162 valence electrons. The number of benzene rings is 2. The van der Waals surface area contributed by atoms with Gasteiger partial charge < -0.3 is 14.8 Å². The number of rotatable bonds is 4. The Labute approximate surface area is 184 Å². The molecule has 2 atom stereocenters. The number of carbonyl (C=O) groups is 1. The average molecular weight is 417 g/mol. The Bertz CT molecular complexity index is 1050. The van der Waals surface area contributed by atoms with Crippen molar-refractivity contribution < 1.29 is 4.79 Å². The lowest BCUT2D eigenvalue weighted by Gasteiger charge is -2.31. The van der Waals surface area contributed by atoms with Crippen molar-refractivity contribution in [1.29, 1.82) is 0 Å². The first-order valence-corrected chi connectivity index (χ1v) is 11.7. The van der Waals surface area contributed by atoms with Crippen LogP contribution in [-0.2, 0) is 6.54 Å². The summed E-state index contributed by atoms with van der Waals surface area (Å²) in [7, 11) is 0. The van der Waals surface area contributed by atoms with Crippen molar-refractivity contribution in [3.05, 3.63) is 65.5 Å². The van der Waals surface area contributed by atoms with Crippen molar-refractivity contribution >= 4 is 16.9 Å². The predicted molar refractivity (Wildman–Crippen MR) is 124 cm³/mol. The molecule has 3 heterocycles. The molecule has 3 aromatic rings. The molecule has 5 nitrogen and oxygen atoms in total. The summed E-state index contributed by atoms with van der Waals surface area (Å²) in [6, 6.07) is 14.9. The van der Waals surface area contributed by atoms with Crippen molar-refractivity contribution in [3.8, 4) is 0 Å². The highest BCUT2D eigenvalue weighted by Gasteiger charge is 2.35. The monoisotopic (exact) mass is 416 g/mol. The van der Waals surface area contributed by atoms with E-state index in [0.717, 1.165) is 55.6 Å². The Morgan fingerprint density at radius 2 is 1.97 bits per heavy atom. The number of hydrogen-bond acceptors (Lipinski definition) is 3. The molecule has 2 unspecified atom stereocenters. The maximum absolute atomic E-state index is 13.3. The Hall–Kier alpha value is -2.66. The van der Waals surface area contributed by atoms with Gasteiger partial charge in [-0.2, -0.15) is 0 Å². The molecule has 1 amide bonds. The molecule has 0 saturated carbocycles. The van der Waals surface area contributed by atoms with Gasteiger partial charge in [0.05, 0.1) is 17.4 Å². The summed E-state index contributed by atoms with van der Waals surface area (Å²) >= 11 is 0. The second-order valence-electron chi connectivity index (χ2n) is 9.23. The molecule has 5 rings (SSSR count). The highest BCUT2D eigenvalue weighted by Crippen LogP contribution is 2.29. The fourth-order valence-corrected chi connectivity index (χ4v) is 5.32. The van der Waals surface area contributed by atoms with Crippen LogP contribution in [0.5, 0.6) is 0 Å². The number of hydrogen-bond donors (Lipinski definition) is 1. The normalized spacial score (nSPS) is 22.0. The van der Waals surface area contributed by atoms with Crippen LogP contribution in [0.1, 0.15) is 53.6 Å². The van der Waals surface area contributed by atoms with Gasteiger partial charge in [0.2, 0.25) is 0 Å².